The number of hydrogen-bond acceptors (Lipinski definition) is 0. The van der Waals surface area contributed by atoms with Crippen LogP contribution in [0.2, 0.25) is 0 Å². The summed E-state index contributed by atoms with van der Waals surface area (Å²) in [6, 6.07) is 73.0. The molecule has 0 spiro atoms. The van der Waals surface area contributed by atoms with Crippen molar-refractivity contribution in [1.82, 2.24) is 9.13 Å². The van der Waals surface area contributed by atoms with Gasteiger partial charge in [0.2, 0.25) is 0 Å². The molecule has 280 valence electrons. The lowest BCUT2D eigenvalue weighted by Gasteiger charge is -2.18. The number of rotatable bonds is 8. The lowest BCUT2D eigenvalue weighted by molar-refractivity contribution is 0.848. The highest BCUT2D eigenvalue weighted by Crippen LogP contribution is 2.42. The zero-order valence-electron chi connectivity index (χ0n) is 32.7. The van der Waals surface area contributed by atoms with E-state index in [9.17, 15) is 0 Å². The predicted octanol–water partition coefficient (Wildman–Crippen LogP) is 15.0. The van der Waals surface area contributed by atoms with E-state index in [0.29, 0.717) is 5.92 Å². The molecule has 0 radical (unpaired) electrons. The van der Waals surface area contributed by atoms with Gasteiger partial charge in [-0.1, -0.05) is 182 Å². The van der Waals surface area contributed by atoms with Crippen LogP contribution in [0.15, 0.2) is 230 Å². The Morgan fingerprint density at radius 2 is 1.12 bits per heavy atom. The van der Waals surface area contributed by atoms with Gasteiger partial charge in [-0.15, -0.1) is 0 Å². The van der Waals surface area contributed by atoms with Crippen molar-refractivity contribution in [2.75, 3.05) is 0 Å². The summed E-state index contributed by atoms with van der Waals surface area (Å²) in [4.78, 5) is 0. The average Bonchev–Trinajstić information content (AvgIpc) is 3.83. The maximum atomic E-state index is 2.54. The number of para-hydroxylation sites is 2. The van der Waals surface area contributed by atoms with Gasteiger partial charge in [0.05, 0.1) is 22.1 Å². The van der Waals surface area contributed by atoms with Gasteiger partial charge < -0.3 is 9.13 Å². The third-order valence-electron chi connectivity index (χ3n) is 12.1. The van der Waals surface area contributed by atoms with E-state index in [4.69, 9.17) is 0 Å². The van der Waals surface area contributed by atoms with Crippen molar-refractivity contribution in [3.05, 3.63) is 241 Å². The molecule has 2 nitrogen and oxygen atoms in total. The normalized spacial score (nSPS) is 14.4. The molecule has 0 saturated heterocycles. The topological polar surface area (TPSA) is 9.86 Å². The minimum Gasteiger partial charge on any atom is -0.313 e. The molecule has 1 aliphatic carbocycles. The number of benzene rings is 8. The molecule has 0 aliphatic heterocycles. The number of nitrogens with zero attached hydrogens (tertiary/aromatic N) is 2. The molecular formula is C57H42N2. The Morgan fingerprint density at radius 1 is 0.508 bits per heavy atom. The van der Waals surface area contributed by atoms with Crippen molar-refractivity contribution in [3.8, 4) is 27.9 Å². The summed E-state index contributed by atoms with van der Waals surface area (Å²) in [6.07, 6.45) is 11.3. The van der Waals surface area contributed by atoms with Gasteiger partial charge in [-0.2, -0.15) is 0 Å². The Labute approximate surface area is 344 Å². The van der Waals surface area contributed by atoms with Crippen molar-refractivity contribution in [1.29, 1.82) is 0 Å². The highest BCUT2D eigenvalue weighted by molar-refractivity contribution is 6.17. The first kappa shape index (κ1) is 34.8. The quantitative estimate of drug-likeness (QED) is 0.146. The maximum absolute atomic E-state index is 2.54. The first-order valence-electron chi connectivity index (χ1n) is 20.7. The molecule has 0 fully saturated rings. The van der Waals surface area contributed by atoms with E-state index < -0.39 is 0 Å². The highest BCUT2D eigenvalue weighted by atomic mass is 15.0. The van der Waals surface area contributed by atoms with Crippen molar-refractivity contribution in [2.24, 2.45) is 0 Å². The first-order valence-corrected chi connectivity index (χ1v) is 20.7. The molecule has 0 bridgehead atoms. The van der Waals surface area contributed by atoms with Crippen LogP contribution in [-0.2, 0) is 6.42 Å². The fourth-order valence-corrected chi connectivity index (χ4v) is 9.30. The lowest BCUT2D eigenvalue weighted by atomic mass is 9.90. The summed E-state index contributed by atoms with van der Waals surface area (Å²) in [5.74, 6) is 0.378. The SMILES string of the molecule is C1=CC(c2ccccc2)CC=C1/C=C(/Cc1ccc(-c2ccccc2)cc1)n1c2ccc(-n3c4ccccc4c4ccccc43)cc2c2c(-c3ccccc3)cccc21. The predicted molar refractivity (Wildman–Crippen MR) is 250 cm³/mol. The third kappa shape index (κ3) is 6.31. The summed E-state index contributed by atoms with van der Waals surface area (Å²) < 4.78 is 4.97. The molecule has 1 unspecified atom stereocenters. The smallest absolute Gasteiger partial charge is 0.0544 e. The molecule has 2 aromatic heterocycles. The summed E-state index contributed by atoms with van der Waals surface area (Å²) in [6.45, 7) is 0. The van der Waals surface area contributed by atoms with Gasteiger partial charge in [0.15, 0.2) is 0 Å². The fraction of sp³-hybridized carbons (Fsp3) is 0.0526. The summed E-state index contributed by atoms with van der Waals surface area (Å²) in [5, 5.41) is 5.03. The monoisotopic (exact) mass is 754 g/mol. The van der Waals surface area contributed by atoms with Crippen LogP contribution in [0.25, 0.3) is 77.2 Å². The van der Waals surface area contributed by atoms with Crippen LogP contribution < -0.4 is 0 Å². The van der Waals surface area contributed by atoms with Gasteiger partial charge >= 0.3 is 0 Å². The van der Waals surface area contributed by atoms with Gasteiger partial charge in [0.1, 0.15) is 0 Å². The Bertz CT molecular complexity index is 3180. The molecule has 1 aliphatic rings. The van der Waals surface area contributed by atoms with Crippen molar-refractivity contribution >= 4 is 49.3 Å². The van der Waals surface area contributed by atoms with E-state index in [1.54, 1.807) is 0 Å². The van der Waals surface area contributed by atoms with Crippen molar-refractivity contribution in [2.45, 2.75) is 18.8 Å². The molecule has 1 atom stereocenters. The van der Waals surface area contributed by atoms with E-state index in [-0.39, 0.29) is 0 Å². The first-order chi connectivity index (χ1) is 29.3. The number of aromatic nitrogens is 2. The molecule has 2 heterocycles. The Morgan fingerprint density at radius 3 is 1.80 bits per heavy atom. The summed E-state index contributed by atoms with van der Waals surface area (Å²) in [5.41, 5.74) is 16.0. The Balaban J connectivity index is 1.12. The van der Waals surface area contributed by atoms with Crippen LogP contribution >= 0.6 is 0 Å². The minimum atomic E-state index is 0.378. The minimum absolute atomic E-state index is 0.378. The molecule has 11 rings (SSSR count). The van der Waals surface area contributed by atoms with Crippen LogP contribution in [0.4, 0.5) is 0 Å². The van der Waals surface area contributed by atoms with E-state index >= 15 is 0 Å². The summed E-state index contributed by atoms with van der Waals surface area (Å²) >= 11 is 0. The molecule has 2 heteroatoms. The average molecular weight is 755 g/mol. The fourth-order valence-electron chi connectivity index (χ4n) is 9.30. The molecular weight excluding hydrogens is 713 g/mol. The van der Waals surface area contributed by atoms with Crippen LogP contribution in [-0.4, -0.2) is 9.13 Å². The summed E-state index contributed by atoms with van der Waals surface area (Å²) in [7, 11) is 0. The third-order valence-corrected chi connectivity index (χ3v) is 12.1. The molecule has 10 aromatic rings. The van der Waals surface area contributed by atoms with Gasteiger partial charge in [0, 0.05) is 45.3 Å². The van der Waals surface area contributed by atoms with Crippen molar-refractivity contribution < 1.29 is 0 Å². The van der Waals surface area contributed by atoms with Gasteiger partial charge in [-0.25, -0.2) is 0 Å². The van der Waals surface area contributed by atoms with E-state index in [0.717, 1.165) is 18.5 Å². The second-order valence-electron chi connectivity index (χ2n) is 15.7. The lowest BCUT2D eigenvalue weighted by Crippen LogP contribution is -2.03. The van der Waals surface area contributed by atoms with Gasteiger partial charge in [0.25, 0.3) is 0 Å². The molecule has 0 amide bonds. The van der Waals surface area contributed by atoms with Crippen LogP contribution in [0, 0.1) is 0 Å². The molecule has 8 aromatic carbocycles. The van der Waals surface area contributed by atoms with Crippen molar-refractivity contribution in [3.63, 3.8) is 0 Å². The number of fused-ring (bicyclic) bond motifs is 6. The maximum Gasteiger partial charge on any atom is 0.0544 e. The zero-order chi connectivity index (χ0) is 39.1. The van der Waals surface area contributed by atoms with E-state index in [2.05, 4.69) is 234 Å². The second-order valence-corrected chi connectivity index (χ2v) is 15.7. The van der Waals surface area contributed by atoms with Crippen LogP contribution in [0.3, 0.4) is 0 Å². The largest absolute Gasteiger partial charge is 0.313 e. The van der Waals surface area contributed by atoms with E-state index in [1.807, 2.05) is 0 Å². The standard InChI is InChI=1S/C57H42N2/c1-4-15-42(16-5-1)44-31-27-40(28-32-44)37-48(38-41-29-33-45(34-30-41)43-17-6-2-7-18-43)59-55-36-35-47(58-53-24-12-10-21-50(53)51-22-11-13-25-54(51)58)39-52(55)57-49(23-14-26-56(57)59)46-19-8-3-9-20-46/h1-33,35-36,38-39,45H,34,37H2/b48-38-. The zero-order valence-corrected chi connectivity index (χ0v) is 32.7. The van der Waals surface area contributed by atoms with Gasteiger partial charge in [-0.3, -0.25) is 0 Å². The molecule has 59 heavy (non-hydrogen) atoms. The number of hydrogen-bond donors (Lipinski definition) is 0. The molecule has 0 N–H and O–H groups in total. The van der Waals surface area contributed by atoms with Gasteiger partial charge in [-0.05, 0) is 87.8 Å². The Hall–Kier alpha value is -7.42. The molecule has 0 saturated carbocycles. The second kappa shape index (κ2) is 14.8. The Kier molecular flexibility index (Phi) is 8.74. The van der Waals surface area contributed by atoms with Crippen LogP contribution in [0.1, 0.15) is 23.5 Å². The highest BCUT2D eigenvalue weighted by Gasteiger charge is 2.21. The van der Waals surface area contributed by atoms with E-state index in [1.165, 1.54) is 88.3 Å². The van der Waals surface area contributed by atoms with Crippen LogP contribution in [0.5, 0.6) is 0 Å². The number of allylic oxidation sites excluding steroid dienone is 6.